The molecule has 0 spiro atoms. The second kappa shape index (κ2) is 5.94. The molecule has 0 atom stereocenters. The predicted molar refractivity (Wildman–Crippen MR) is 106 cm³/mol. The molecule has 0 bridgehead atoms. The Morgan fingerprint density at radius 1 is 1.20 bits per heavy atom. The third-order valence-electron chi connectivity index (χ3n) is 3.80. The summed E-state index contributed by atoms with van der Waals surface area (Å²) in [5.41, 5.74) is 9.40. The molecule has 8 heteroatoms. The van der Waals surface area contributed by atoms with Gasteiger partial charge in [-0.25, -0.2) is 9.97 Å². The van der Waals surface area contributed by atoms with Gasteiger partial charge in [-0.2, -0.15) is 0 Å². The van der Waals surface area contributed by atoms with Gasteiger partial charge < -0.3 is 5.73 Å². The van der Waals surface area contributed by atoms with E-state index in [0.717, 1.165) is 31.7 Å². The number of thiazole rings is 1. The average Bonchev–Trinajstić information content (AvgIpc) is 3.07. The number of fused-ring (bicyclic) bond motifs is 2. The number of thiophene rings is 1. The van der Waals surface area contributed by atoms with Gasteiger partial charge in [-0.05, 0) is 43.7 Å². The van der Waals surface area contributed by atoms with Gasteiger partial charge in [0.15, 0.2) is 5.13 Å². The Bertz CT molecular complexity index is 1150. The lowest BCUT2D eigenvalue weighted by Crippen LogP contribution is -2.11. The molecule has 3 heterocycles. The largest absolute Gasteiger partial charge is 0.397 e. The molecule has 1 amide bonds. The minimum absolute atomic E-state index is 0.275. The number of nitrogens with one attached hydrogen (secondary N) is 1. The first-order valence-corrected chi connectivity index (χ1v) is 9.47. The van der Waals surface area contributed by atoms with Crippen LogP contribution in [-0.2, 0) is 0 Å². The van der Waals surface area contributed by atoms with Crippen LogP contribution >= 0.6 is 34.3 Å². The first kappa shape index (κ1) is 16.3. The zero-order valence-electron chi connectivity index (χ0n) is 13.4. The minimum Gasteiger partial charge on any atom is -0.397 e. The number of hydrogen-bond acceptors (Lipinski definition) is 6. The van der Waals surface area contributed by atoms with Gasteiger partial charge in [0, 0.05) is 16.1 Å². The third-order valence-corrected chi connectivity index (χ3v) is 6.07. The van der Waals surface area contributed by atoms with Crippen molar-refractivity contribution in [2.75, 3.05) is 11.1 Å². The van der Waals surface area contributed by atoms with Crippen LogP contribution in [-0.4, -0.2) is 15.9 Å². The molecule has 4 rings (SSSR count). The van der Waals surface area contributed by atoms with Crippen LogP contribution < -0.4 is 11.1 Å². The van der Waals surface area contributed by atoms with Crippen molar-refractivity contribution in [3.63, 3.8) is 0 Å². The number of anilines is 2. The Morgan fingerprint density at radius 3 is 2.80 bits per heavy atom. The third kappa shape index (κ3) is 2.84. The SMILES string of the molecule is Cc1cc(C)c2c(N)c(C(=O)Nc3nc4ccc(Cl)cc4s3)sc2n1. The van der Waals surface area contributed by atoms with E-state index in [-0.39, 0.29) is 5.91 Å². The number of aromatic nitrogens is 2. The lowest BCUT2D eigenvalue weighted by molar-refractivity contribution is 0.103. The standard InChI is InChI=1S/C17H13ClN4OS2/c1-7-5-8(2)20-16-12(7)13(19)14(25-16)15(23)22-17-21-10-4-3-9(18)6-11(10)24-17/h3-6H,19H2,1-2H3,(H,21,22,23). The minimum atomic E-state index is -0.275. The summed E-state index contributed by atoms with van der Waals surface area (Å²) in [6.45, 7) is 3.90. The Morgan fingerprint density at radius 2 is 2.00 bits per heavy atom. The monoisotopic (exact) mass is 388 g/mol. The summed E-state index contributed by atoms with van der Waals surface area (Å²) in [5, 5.41) is 4.83. The maximum atomic E-state index is 12.7. The van der Waals surface area contributed by atoms with E-state index < -0.39 is 0 Å². The number of nitrogens with zero attached hydrogens (tertiary/aromatic N) is 2. The van der Waals surface area contributed by atoms with E-state index in [9.17, 15) is 4.79 Å². The highest BCUT2D eigenvalue weighted by molar-refractivity contribution is 7.23. The summed E-state index contributed by atoms with van der Waals surface area (Å²) in [4.78, 5) is 22.8. The molecule has 0 saturated heterocycles. The molecule has 0 aliphatic carbocycles. The fourth-order valence-electron chi connectivity index (χ4n) is 2.74. The van der Waals surface area contributed by atoms with Gasteiger partial charge >= 0.3 is 0 Å². The topological polar surface area (TPSA) is 80.9 Å². The molecule has 5 nitrogen and oxygen atoms in total. The number of hydrogen-bond donors (Lipinski definition) is 2. The molecule has 0 aliphatic heterocycles. The van der Waals surface area contributed by atoms with E-state index in [0.29, 0.717) is 20.7 Å². The quantitative estimate of drug-likeness (QED) is 0.505. The lowest BCUT2D eigenvalue weighted by atomic mass is 10.1. The van der Waals surface area contributed by atoms with Crippen LogP contribution in [0.5, 0.6) is 0 Å². The Kier molecular flexibility index (Phi) is 3.87. The smallest absolute Gasteiger partial charge is 0.269 e. The number of aryl methyl sites for hydroxylation is 2. The number of halogens is 1. The van der Waals surface area contributed by atoms with Crippen molar-refractivity contribution in [3.8, 4) is 0 Å². The maximum absolute atomic E-state index is 12.7. The highest BCUT2D eigenvalue weighted by Gasteiger charge is 2.20. The van der Waals surface area contributed by atoms with Gasteiger partial charge in [0.1, 0.15) is 9.71 Å². The molecule has 0 unspecified atom stereocenters. The molecule has 0 radical (unpaired) electrons. The molecule has 3 N–H and O–H groups in total. The first-order valence-electron chi connectivity index (χ1n) is 7.46. The summed E-state index contributed by atoms with van der Waals surface area (Å²) in [5.74, 6) is -0.275. The van der Waals surface area contributed by atoms with Gasteiger partial charge in [0.05, 0.1) is 15.9 Å². The summed E-state index contributed by atoms with van der Waals surface area (Å²) in [7, 11) is 0. The van der Waals surface area contributed by atoms with E-state index in [1.165, 1.54) is 22.7 Å². The van der Waals surface area contributed by atoms with Crippen molar-refractivity contribution in [3.05, 3.63) is 45.4 Å². The van der Waals surface area contributed by atoms with Crippen molar-refractivity contribution < 1.29 is 4.79 Å². The predicted octanol–water partition coefficient (Wildman–Crippen LogP) is 5.01. The Hall–Kier alpha value is -2.22. The van der Waals surface area contributed by atoms with Crippen LogP contribution in [0.2, 0.25) is 5.02 Å². The highest BCUT2D eigenvalue weighted by atomic mass is 35.5. The van der Waals surface area contributed by atoms with Crippen molar-refractivity contribution in [1.29, 1.82) is 0 Å². The summed E-state index contributed by atoms with van der Waals surface area (Å²) in [6.07, 6.45) is 0. The van der Waals surface area contributed by atoms with Gasteiger partial charge in [0.25, 0.3) is 5.91 Å². The molecule has 0 aliphatic rings. The molecule has 1 aromatic carbocycles. The number of nitrogen functional groups attached to an aromatic ring is 1. The van der Waals surface area contributed by atoms with Crippen molar-refractivity contribution in [1.82, 2.24) is 9.97 Å². The molecule has 3 aromatic heterocycles. The Balaban J connectivity index is 1.71. The molecule has 0 saturated carbocycles. The van der Waals surface area contributed by atoms with Gasteiger partial charge in [0.2, 0.25) is 0 Å². The lowest BCUT2D eigenvalue weighted by Gasteiger charge is -2.01. The van der Waals surface area contributed by atoms with Crippen LogP contribution in [0.15, 0.2) is 24.3 Å². The average molecular weight is 389 g/mol. The number of benzene rings is 1. The second-order valence-corrected chi connectivity index (χ2v) is 8.16. The van der Waals surface area contributed by atoms with Crippen molar-refractivity contribution in [2.45, 2.75) is 13.8 Å². The molecule has 25 heavy (non-hydrogen) atoms. The zero-order chi connectivity index (χ0) is 17.7. The fourth-order valence-corrected chi connectivity index (χ4v) is 4.99. The van der Waals surface area contributed by atoms with Crippen LogP contribution in [0.25, 0.3) is 20.4 Å². The van der Waals surface area contributed by atoms with E-state index >= 15 is 0 Å². The number of pyridine rings is 1. The van der Waals surface area contributed by atoms with Gasteiger partial charge in [-0.15, -0.1) is 11.3 Å². The summed E-state index contributed by atoms with van der Waals surface area (Å²) < 4.78 is 0.917. The van der Waals surface area contributed by atoms with Crippen LogP contribution in [0.4, 0.5) is 10.8 Å². The van der Waals surface area contributed by atoms with Crippen LogP contribution in [0.1, 0.15) is 20.9 Å². The normalized spacial score (nSPS) is 11.3. The van der Waals surface area contributed by atoms with E-state index in [2.05, 4.69) is 15.3 Å². The zero-order valence-corrected chi connectivity index (χ0v) is 15.8. The first-order chi connectivity index (χ1) is 11.9. The maximum Gasteiger partial charge on any atom is 0.269 e. The second-order valence-electron chi connectivity index (χ2n) is 5.69. The number of amides is 1. The van der Waals surface area contributed by atoms with Crippen LogP contribution in [0.3, 0.4) is 0 Å². The molecular formula is C17H13ClN4OS2. The molecular weight excluding hydrogens is 376 g/mol. The highest BCUT2D eigenvalue weighted by Crippen LogP contribution is 2.36. The number of carbonyl (C=O) groups excluding carboxylic acids is 1. The number of nitrogens with two attached hydrogens (primary N) is 1. The van der Waals surface area contributed by atoms with E-state index in [1.54, 1.807) is 6.07 Å². The molecule has 0 fully saturated rings. The fraction of sp³-hybridized carbons (Fsp3) is 0.118. The van der Waals surface area contributed by atoms with Gasteiger partial charge in [-0.3, -0.25) is 10.1 Å². The molecule has 4 aromatic rings. The van der Waals surface area contributed by atoms with Crippen molar-refractivity contribution >= 4 is 71.4 Å². The summed E-state index contributed by atoms with van der Waals surface area (Å²) in [6, 6.07) is 7.39. The van der Waals surface area contributed by atoms with Crippen LogP contribution in [0, 0.1) is 13.8 Å². The van der Waals surface area contributed by atoms with E-state index in [4.69, 9.17) is 17.3 Å². The molecule has 126 valence electrons. The Labute approximate surface area is 156 Å². The number of rotatable bonds is 2. The summed E-state index contributed by atoms with van der Waals surface area (Å²) >= 11 is 8.66. The van der Waals surface area contributed by atoms with Gasteiger partial charge in [-0.1, -0.05) is 22.9 Å². The van der Waals surface area contributed by atoms with E-state index in [1.807, 2.05) is 32.0 Å². The number of carbonyl (C=O) groups is 1. The van der Waals surface area contributed by atoms with Crippen molar-refractivity contribution in [2.24, 2.45) is 0 Å².